The van der Waals surface area contributed by atoms with E-state index in [4.69, 9.17) is 0 Å². The molecule has 2 rings (SSSR count). The Labute approximate surface area is 122 Å². The molecule has 104 valence electrons. The molecule has 0 unspecified atom stereocenters. The lowest BCUT2D eigenvalue weighted by Crippen LogP contribution is -2.49. The second-order valence-corrected chi connectivity index (χ2v) is 5.59. The summed E-state index contributed by atoms with van der Waals surface area (Å²) in [6, 6.07) is 7.86. The van der Waals surface area contributed by atoms with Crippen molar-refractivity contribution < 1.29 is 4.79 Å². The van der Waals surface area contributed by atoms with Gasteiger partial charge < -0.3 is 15.1 Å². The molecular weight excluding hydrogens is 306 g/mol. The molecule has 0 saturated carbocycles. The Morgan fingerprint density at radius 1 is 1.32 bits per heavy atom. The third kappa shape index (κ3) is 4.21. The summed E-state index contributed by atoms with van der Waals surface area (Å²) in [5, 5.41) is 3.17. The van der Waals surface area contributed by atoms with Gasteiger partial charge in [0.2, 0.25) is 5.91 Å². The number of carbonyl (C=O) groups excluding carboxylic acids is 1. The van der Waals surface area contributed by atoms with Crippen LogP contribution in [0.5, 0.6) is 0 Å². The highest BCUT2D eigenvalue weighted by atomic mass is 79.9. The highest BCUT2D eigenvalue weighted by Crippen LogP contribution is 2.15. The third-order valence-corrected chi connectivity index (χ3v) is 3.93. The first kappa shape index (κ1) is 14.3. The van der Waals surface area contributed by atoms with Crippen LogP contribution >= 0.6 is 15.9 Å². The van der Waals surface area contributed by atoms with Gasteiger partial charge in [0.1, 0.15) is 0 Å². The maximum Gasteiger partial charge on any atom is 0.241 e. The number of nitrogens with one attached hydrogen (secondary N) is 1. The van der Waals surface area contributed by atoms with Gasteiger partial charge in [0.25, 0.3) is 0 Å². The van der Waals surface area contributed by atoms with Crippen LogP contribution in [-0.2, 0) is 4.79 Å². The van der Waals surface area contributed by atoms with Gasteiger partial charge in [-0.15, -0.1) is 0 Å². The number of anilines is 1. The summed E-state index contributed by atoms with van der Waals surface area (Å²) in [5.74, 6) is 0.177. The maximum atomic E-state index is 12.1. The molecule has 1 saturated heterocycles. The predicted octanol–water partition coefficient (Wildman–Crippen LogP) is 2.03. The van der Waals surface area contributed by atoms with Crippen LogP contribution in [0, 0.1) is 0 Å². The molecule has 1 aliphatic heterocycles. The van der Waals surface area contributed by atoms with E-state index in [1.165, 1.54) is 0 Å². The number of hydrogen-bond acceptors (Lipinski definition) is 3. The van der Waals surface area contributed by atoms with Crippen LogP contribution in [0.2, 0.25) is 0 Å². The van der Waals surface area contributed by atoms with E-state index < -0.39 is 0 Å². The molecule has 1 amide bonds. The Morgan fingerprint density at radius 3 is 2.68 bits per heavy atom. The van der Waals surface area contributed by atoms with Crippen molar-refractivity contribution in [2.45, 2.75) is 6.92 Å². The first-order valence-corrected chi connectivity index (χ1v) is 7.48. The van der Waals surface area contributed by atoms with Gasteiger partial charge in [0.05, 0.1) is 6.54 Å². The highest BCUT2D eigenvalue weighted by molar-refractivity contribution is 9.10. The lowest BCUT2D eigenvalue weighted by atomic mass is 10.3. The molecule has 0 radical (unpaired) electrons. The van der Waals surface area contributed by atoms with Gasteiger partial charge in [-0.3, -0.25) is 4.79 Å². The molecular formula is C14H20BrN3O. The monoisotopic (exact) mass is 325 g/mol. The summed E-state index contributed by atoms with van der Waals surface area (Å²) < 4.78 is 1.02. The number of piperazine rings is 1. The van der Waals surface area contributed by atoms with E-state index in [9.17, 15) is 4.79 Å². The summed E-state index contributed by atoms with van der Waals surface area (Å²) in [7, 11) is 0. The Balaban J connectivity index is 1.79. The maximum absolute atomic E-state index is 12.1. The topological polar surface area (TPSA) is 35.6 Å². The molecule has 4 nitrogen and oxygen atoms in total. The lowest BCUT2D eigenvalue weighted by Gasteiger charge is -2.34. The SMILES string of the molecule is CCN1CCN(C(=O)CNc2cccc(Br)c2)CC1. The normalized spacial score (nSPS) is 16.4. The van der Waals surface area contributed by atoms with Crippen LogP contribution in [0.1, 0.15) is 6.92 Å². The van der Waals surface area contributed by atoms with Crippen LogP contribution in [0.25, 0.3) is 0 Å². The van der Waals surface area contributed by atoms with Gasteiger partial charge in [-0.1, -0.05) is 28.9 Å². The second kappa shape index (κ2) is 6.91. The number of benzene rings is 1. The van der Waals surface area contributed by atoms with Crippen LogP contribution in [-0.4, -0.2) is 55.0 Å². The molecule has 19 heavy (non-hydrogen) atoms. The third-order valence-electron chi connectivity index (χ3n) is 3.44. The Morgan fingerprint density at radius 2 is 2.05 bits per heavy atom. The quantitative estimate of drug-likeness (QED) is 0.920. The fourth-order valence-electron chi connectivity index (χ4n) is 2.20. The van der Waals surface area contributed by atoms with E-state index in [2.05, 4.69) is 33.1 Å². The van der Waals surface area contributed by atoms with Crippen LogP contribution in [0.3, 0.4) is 0 Å². The van der Waals surface area contributed by atoms with Crippen molar-refractivity contribution >= 4 is 27.5 Å². The average molecular weight is 326 g/mol. The van der Waals surface area contributed by atoms with Crippen LogP contribution in [0.4, 0.5) is 5.69 Å². The van der Waals surface area contributed by atoms with Crippen LogP contribution in [0.15, 0.2) is 28.7 Å². The fourth-order valence-corrected chi connectivity index (χ4v) is 2.60. The zero-order valence-electron chi connectivity index (χ0n) is 11.2. The van der Waals surface area contributed by atoms with E-state index in [0.29, 0.717) is 6.54 Å². The molecule has 0 aromatic heterocycles. The summed E-state index contributed by atoms with van der Waals surface area (Å²) >= 11 is 3.42. The van der Waals surface area contributed by atoms with Crippen molar-refractivity contribution in [2.75, 3.05) is 44.6 Å². The Kier molecular flexibility index (Phi) is 5.22. The predicted molar refractivity (Wildman–Crippen MR) is 81.3 cm³/mol. The van der Waals surface area contributed by atoms with Gasteiger partial charge in [0, 0.05) is 36.3 Å². The van der Waals surface area contributed by atoms with E-state index in [1.807, 2.05) is 29.2 Å². The van der Waals surface area contributed by atoms with Crippen LogP contribution < -0.4 is 5.32 Å². The van der Waals surface area contributed by atoms with Crippen molar-refractivity contribution in [1.82, 2.24) is 9.80 Å². The summed E-state index contributed by atoms with van der Waals surface area (Å²) in [6.45, 7) is 7.24. The van der Waals surface area contributed by atoms with Crippen molar-refractivity contribution in [3.8, 4) is 0 Å². The number of nitrogens with zero attached hydrogens (tertiary/aromatic N) is 2. The molecule has 1 N–H and O–H groups in total. The van der Waals surface area contributed by atoms with Gasteiger partial charge in [-0.25, -0.2) is 0 Å². The fraction of sp³-hybridized carbons (Fsp3) is 0.500. The first-order chi connectivity index (χ1) is 9.19. The summed E-state index contributed by atoms with van der Waals surface area (Å²) in [4.78, 5) is 16.4. The Bertz CT molecular complexity index is 430. The number of amides is 1. The molecule has 0 aliphatic carbocycles. The second-order valence-electron chi connectivity index (χ2n) is 4.68. The van der Waals surface area contributed by atoms with E-state index in [-0.39, 0.29) is 5.91 Å². The van der Waals surface area contributed by atoms with Crippen molar-refractivity contribution in [1.29, 1.82) is 0 Å². The lowest BCUT2D eigenvalue weighted by molar-refractivity contribution is -0.131. The first-order valence-electron chi connectivity index (χ1n) is 6.68. The molecule has 1 heterocycles. The van der Waals surface area contributed by atoms with Crippen molar-refractivity contribution in [3.63, 3.8) is 0 Å². The smallest absolute Gasteiger partial charge is 0.241 e. The van der Waals surface area contributed by atoms with Gasteiger partial charge >= 0.3 is 0 Å². The minimum atomic E-state index is 0.177. The molecule has 1 fully saturated rings. The molecule has 0 atom stereocenters. The minimum Gasteiger partial charge on any atom is -0.376 e. The van der Waals surface area contributed by atoms with Gasteiger partial charge in [-0.2, -0.15) is 0 Å². The Hall–Kier alpha value is -1.07. The zero-order valence-corrected chi connectivity index (χ0v) is 12.8. The molecule has 0 bridgehead atoms. The van der Waals surface area contributed by atoms with Gasteiger partial charge in [-0.05, 0) is 24.7 Å². The number of halogens is 1. The average Bonchev–Trinajstić information content (AvgIpc) is 2.45. The number of carbonyl (C=O) groups is 1. The molecule has 1 aromatic rings. The van der Waals surface area contributed by atoms with Crippen molar-refractivity contribution in [2.24, 2.45) is 0 Å². The van der Waals surface area contributed by atoms with E-state index in [0.717, 1.165) is 42.9 Å². The molecule has 1 aromatic carbocycles. The number of rotatable bonds is 4. The molecule has 5 heteroatoms. The molecule has 1 aliphatic rings. The minimum absolute atomic E-state index is 0.177. The standard InChI is InChI=1S/C14H20BrN3O/c1-2-17-6-8-18(9-7-17)14(19)11-16-13-5-3-4-12(15)10-13/h3-5,10,16H,2,6-9,11H2,1H3. The highest BCUT2D eigenvalue weighted by Gasteiger charge is 2.19. The zero-order chi connectivity index (χ0) is 13.7. The van der Waals surface area contributed by atoms with E-state index >= 15 is 0 Å². The number of likely N-dealkylation sites (N-methyl/N-ethyl adjacent to an activating group) is 1. The molecule has 0 spiro atoms. The summed E-state index contributed by atoms with van der Waals surface area (Å²) in [6.07, 6.45) is 0. The summed E-state index contributed by atoms with van der Waals surface area (Å²) in [5.41, 5.74) is 0.968. The van der Waals surface area contributed by atoms with Gasteiger partial charge in [0.15, 0.2) is 0 Å². The number of hydrogen-bond donors (Lipinski definition) is 1. The van der Waals surface area contributed by atoms with E-state index in [1.54, 1.807) is 0 Å². The van der Waals surface area contributed by atoms with Crippen molar-refractivity contribution in [3.05, 3.63) is 28.7 Å². The largest absolute Gasteiger partial charge is 0.376 e.